The molecule has 0 radical (unpaired) electrons. The van der Waals surface area contributed by atoms with Crippen molar-refractivity contribution in [2.45, 2.75) is 61.7 Å². The standard InChI is InChI=1S/C26H29F3N2O5S/c27-26(28,29)20-9-13-22(14-10-20)37(35,36)30-21-11-6-18(7-12-21)24(32)31-16-19(25(33)34)8-15-23(31)17-4-2-1-3-5-17/h1-5,9-10,13-14,18-19,21,23,30H,6-8,11-12,15-16H2,(H,33,34)/t18?,19-,21?,23-/m1/s1. The quantitative estimate of drug-likeness (QED) is 0.559. The van der Waals surface area contributed by atoms with Gasteiger partial charge >= 0.3 is 12.1 Å². The Morgan fingerprint density at radius 1 is 0.865 bits per heavy atom. The van der Waals surface area contributed by atoms with Crippen LogP contribution in [-0.2, 0) is 25.8 Å². The Bertz CT molecular complexity index is 1210. The minimum absolute atomic E-state index is 0.121. The maximum absolute atomic E-state index is 13.5. The summed E-state index contributed by atoms with van der Waals surface area (Å²) in [7, 11) is -4.02. The number of hydrogen-bond donors (Lipinski definition) is 2. The molecule has 1 heterocycles. The first-order chi connectivity index (χ1) is 17.5. The summed E-state index contributed by atoms with van der Waals surface area (Å²) in [5.74, 6) is -2.03. The molecular weight excluding hydrogens is 509 g/mol. The second-order valence-corrected chi connectivity index (χ2v) is 11.4. The van der Waals surface area contributed by atoms with E-state index in [1.165, 1.54) is 0 Å². The summed E-state index contributed by atoms with van der Waals surface area (Å²) in [6, 6.07) is 12.2. The number of nitrogens with one attached hydrogen (secondary N) is 1. The third-order valence-corrected chi connectivity index (χ3v) is 8.83. The third-order valence-electron chi connectivity index (χ3n) is 7.29. The lowest BCUT2D eigenvalue weighted by molar-refractivity contribution is -0.149. The Hall–Kier alpha value is -2.92. The zero-order chi connectivity index (χ0) is 26.8. The minimum atomic E-state index is -4.56. The Balaban J connectivity index is 1.40. The molecule has 1 aliphatic heterocycles. The van der Waals surface area contributed by atoms with Gasteiger partial charge in [-0.1, -0.05) is 30.3 Å². The second-order valence-electron chi connectivity index (χ2n) is 9.72. The van der Waals surface area contributed by atoms with Gasteiger partial charge < -0.3 is 10.0 Å². The van der Waals surface area contributed by atoms with Crippen LogP contribution in [0.5, 0.6) is 0 Å². The van der Waals surface area contributed by atoms with Crippen LogP contribution in [0, 0.1) is 11.8 Å². The largest absolute Gasteiger partial charge is 0.481 e. The van der Waals surface area contributed by atoms with Gasteiger partial charge in [0.1, 0.15) is 0 Å². The fourth-order valence-electron chi connectivity index (χ4n) is 5.24. The van der Waals surface area contributed by atoms with Gasteiger partial charge in [0.2, 0.25) is 15.9 Å². The molecule has 1 saturated carbocycles. The molecule has 2 fully saturated rings. The molecule has 1 amide bonds. The predicted octanol–water partition coefficient (Wildman–Crippen LogP) is 4.61. The highest BCUT2D eigenvalue weighted by Gasteiger charge is 2.39. The molecule has 2 aromatic carbocycles. The van der Waals surface area contributed by atoms with E-state index in [2.05, 4.69) is 4.72 Å². The Kier molecular flexibility index (Phi) is 7.94. The summed E-state index contributed by atoms with van der Waals surface area (Å²) in [4.78, 5) is 26.6. The van der Waals surface area contributed by atoms with Crippen LogP contribution in [0.15, 0.2) is 59.5 Å². The molecule has 0 unspecified atom stereocenters. The van der Waals surface area contributed by atoms with Gasteiger partial charge in [0.25, 0.3) is 0 Å². The van der Waals surface area contributed by atoms with Crippen LogP contribution in [0.1, 0.15) is 55.7 Å². The number of carbonyl (C=O) groups is 2. The van der Waals surface area contributed by atoms with E-state index >= 15 is 0 Å². The monoisotopic (exact) mass is 538 g/mol. The molecule has 2 atom stereocenters. The van der Waals surface area contributed by atoms with Crippen LogP contribution in [0.25, 0.3) is 0 Å². The van der Waals surface area contributed by atoms with E-state index in [1.807, 2.05) is 30.3 Å². The number of alkyl halides is 3. The van der Waals surface area contributed by atoms with E-state index in [4.69, 9.17) is 0 Å². The number of amides is 1. The van der Waals surface area contributed by atoms with Crippen LogP contribution in [0.2, 0.25) is 0 Å². The highest BCUT2D eigenvalue weighted by Crippen LogP contribution is 2.37. The van der Waals surface area contributed by atoms with Crippen LogP contribution >= 0.6 is 0 Å². The number of likely N-dealkylation sites (tertiary alicyclic amines) is 1. The number of nitrogens with zero attached hydrogens (tertiary/aromatic N) is 1. The van der Waals surface area contributed by atoms with Crippen molar-refractivity contribution >= 4 is 21.9 Å². The highest BCUT2D eigenvalue weighted by atomic mass is 32.2. The van der Waals surface area contributed by atoms with Crippen LogP contribution in [-0.4, -0.2) is 42.9 Å². The van der Waals surface area contributed by atoms with E-state index in [1.54, 1.807) is 4.90 Å². The lowest BCUT2D eigenvalue weighted by Gasteiger charge is -2.41. The molecule has 11 heteroatoms. The number of carbonyl (C=O) groups excluding carboxylic acids is 1. The molecule has 2 aromatic rings. The van der Waals surface area contributed by atoms with Crippen LogP contribution in [0.3, 0.4) is 0 Å². The lowest BCUT2D eigenvalue weighted by atomic mass is 9.83. The van der Waals surface area contributed by atoms with Gasteiger partial charge in [0.05, 0.1) is 22.4 Å². The van der Waals surface area contributed by atoms with Gasteiger partial charge in [-0.25, -0.2) is 13.1 Å². The number of halogens is 3. The molecule has 0 bridgehead atoms. The summed E-state index contributed by atoms with van der Waals surface area (Å²) in [6.07, 6.45) is -1.89. The maximum Gasteiger partial charge on any atom is 0.416 e. The molecule has 4 rings (SSSR count). The number of sulfonamides is 1. The molecule has 200 valence electrons. The van der Waals surface area contributed by atoms with Crippen molar-refractivity contribution < 1.29 is 36.3 Å². The summed E-state index contributed by atoms with van der Waals surface area (Å²) in [5, 5.41) is 9.54. The Labute approximate surface area is 213 Å². The Morgan fingerprint density at radius 3 is 2.03 bits per heavy atom. The molecule has 2 aliphatic rings. The molecule has 1 aliphatic carbocycles. The average molecular weight is 539 g/mol. The van der Waals surface area contributed by atoms with Crippen molar-refractivity contribution in [3.63, 3.8) is 0 Å². The first-order valence-electron chi connectivity index (χ1n) is 12.2. The van der Waals surface area contributed by atoms with Gasteiger partial charge in [-0.15, -0.1) is 0 Å². The van der Waals surface area contributed by atoms with Crippen molar-refractivity contribution in [1.82, 2.24) is 9.62 Å². The normalized spacial score (nSPS) is 25.0. The van der Waals surface area contributed by atoms with Gasteiger partial charge in [-0.05, 0) is 68.4 Å². The van der Waals surface area contributed by atoms with Crippen LogP contribution < -0.4 is 4.72 Å². The van der Waals surface area contributed by atoms with E-state index in [0.717, 1.165) is 29.8 Å². The SMILES string of the molecule is O=C(O)[C@@H]1CC[C@H](c2ccccc2)N(C(=O)C2CCC(NS(=O)(=O)c3ccc(C(F)(F)F)cc3)CC2)C1. The van der Waals surface area contributed by atoms with Gasteiger partial charge in [0, 0.05) is 18.5 Å². The molecule has 2 N–H and O–H groups in total. The number of rotatable bonds is 6. The maximum atomic E-state index is 13.5. The van der Waals surface area contributed by atoms with Crippen molar-refractivity contribution in [3.05, 3.63) is 65.7 Å². The number of hydrogen-bond acceptors (Lipinski definition) is 4. The number of piperidine rings is 1. The Morgan fingerprint density at radius 2 is 1.46 bits per heavy atom. The van der Waals surface area contributed by atoms with Crippen molar-refractivity contribution in [1.29, 1.82) is 0 Å². The predicted molar refractivity (Wildman–Crippen MR) is 129 cm³/mol. The number of aliphatic carboxylic acids is 1. The average Bonchev–Trinajstić information content (AvgIpc) is 2.88. The smallest absolute Gasteiger partial charge is 0.416 e. The molecule has 7 nitrogen and oxygen atoms in total. The van der Waals surface area contributed by atoms with E-state index < -0.39 is 39.7 Å². The molecule has 0 spiro atoms. The third kappa shape index (κ3) is 6.32. The molecule has 37 heavy (non-hydrogen) atoms. The fraction of sp³-hybridized carbons (Fsp3) is 0.462. The molecule has 0 aromatic heterocycles. The van der Waals surface area contributed by atoms with Crippen molar-refractivity contribution in [2.75, 3.05) is 6.54 Å². The van der Waals surface area contributed by atoms with Gasteiger partial charge in [-0.2, -0.15) is 13.2 Å². The number of carboxylic acids is 1. The second kappa shape index (κ2) is 10.8. The van der Waals surface area contributed by atoms with E-state index in [9.17, 15) is 36.3 Å². The van der Waals surface area contributed by atoms with Crippen molar-refractivity contribution in [2.24, 2.45) is 11.8 Å². The van der Waals surface area contributed by atoms with E-state index in [-0.39, 0.29) is 29.3 Å². The van der Waals surface area contributed by atoms with Crippen molar-refractivity contribution in [3.8, 4) is 0 Å². The number of benzene rings is 2. The first-order valence-corrected chi connectivity index (χ1v) is 13.7. The van der Waals surface area contributed by atoms with Gasteiger partial charge in [-0.3, -0.25) is 9.59 Å². The topological polar surface area (TPSA) is 104 Å². The fourth-order valence-corrected chi connectivity index (χ4v) is 6.55. The lowest BCUT2D eigenvalue weighted by Crippen LogP contribution is -2.48. The molecular formula is C26H29F3N2O5S. The molecule has 1 saturated heterocycles. The van der Waals surface area contributed by atoms with Crippen LogP contribution in [0.4, 0.5) is 13.2 Å². The zero-order valence-corrected chi connectivity index (χ0v) is 20.8. The van der Waals surface area contributed by atoms with E-state index in [0.29, 0.717) is 38.5 Å². The van der Waals surface area contributed by atoms with Gasteiger partial charge in [0.15, 0.2) is 0 Å². The minimum Gasteiger partial charge on any atom is -0.481 e. The zero-order valence-electron chi connectivity index (χ0n) is 20.0. The number of carboxylic acid groups (broad SMARTS) is 1. The summed E-state index contributed by atoms with van der Waals surface area (Å²) < 4.78 is 66.3. The first kappa shape index (κ1) is 27.1. The highest BCUT2D eigenvalue weighted by molar-refractivity contribution is 7.89. The summed E-state index contributed by atoms with van der Waals surface area (Å²) in [5.41, 5.74) is 0.0276. The summed E-state index contributed by atoms with van der Waals surface area (Å²) in [6.45, 7) is 0.133. The summed E-state index contributed by atoms with van der Waals surface area (Å²) >= 11 is 0.